The van der Waals surface area contributed by atoms with Crippen LogP contribution in [0.4, 0.5) is 4.79 Å². The zero-order valence-corrected chi connectivity index (χ0v) is 12.0. The summed E-state index contributed by atoms with van der Waals surface area (Å²) in [5.74, 6) is 1.44. The molecule has 2 N–H and O–H groups in total. The van der Waals surface area contributed by atoms with E-state index in [2.05, 4.69) is 15.6 Å². The van der Waals surface area contributed by atoms with Gasteiger partial charge >= 0.3 is 6.03 Å². The van der Waals surface area contributed by atoms with Gasteiger partial charge < -0.3 is 20.1 Å². The van der Waals surface area contributed by atoms with Crippen molar-refractivity contribution in [2.45, 2.75) is 12.6 Å². The Hall–Kier alpha value is -2.76. The molecule has 1 aromatic carbocycles. The molecule has 6 heteroatoms. The van der Waals surface area contributed by atoms with E-state index in [-0.39, 0.29) is 12.1 Å². The number of fused-ring (bicyclic) bond motifs is 1. The van der Waals surface area contributed by atoms with Gasteiger partial charge in [-0.05, 0) is 24.3 Å². The van der Waals surface area contributed by atoms with E-state index >= 15 is 0 Å². The summed E-state index contributed by atoms with van der Waals surface area (Å²) in [7, 11) is 0. The molecule has 0 aliphatic carbocycles. The second kappa shape index (κ2) is 6.80. The summed E-state index contributed by atoms with van der Waals surface area (Å²) >= 11 is 0. The molecule has 2 aromatic rings. The lowest BCUT2D eigenvalue weighted by molar-refractivity contribution is 0.0918. The number of benzene rings is 1. The van der Waals surface area contributed by atoms with Crippen LogP contribution in [0, 0.1) is 0 Å². The number of urea groups is 1. The van der Waals surface area contributed by atoms with Crippen LogP contribution in [0.3, 0.4) is 0 Å². The van der Waals surface area contributed by atoms with Gasteiger partial charge in [-0.2, -0.15) is 0 Å². The second-order valence-electron chi connectivity index (χ2n) is 4.88. The molecule has 1 aliphatic heterocycles. The van der Waals surface area contributed by atoms with Gasteiger partial charge in [-0.3, -0.25) is 4.98 Å². The number of rotatable bonds is 4. The van der Waals surface area contributed by atoms with Crippen LogP contribution in [0.1, 0.15) is 5.69 Å². The summed E-state index contributed by atoms with van der Waals surface area (Å²) in [6.45, 7) is 1.18. The van der Waals surface area contributed by atoms with Crippen LogP contribution in [0.15, 0.2) is 48.7 Å². The van der Waals surface area contributed by atoms with Crippen molar-refractivity contribution in [2.24, 2.45) is 0 Å². The summed E-state index contributed by atoms with van der Waals surface area (Å²) in [4.78, 5) is 15.9. The van der Waals surface area contributed by atoms with Crippen LogP contribution in [0.2, 0.25) is 0 Å². The number of hydrogen-bond acceptors (Lipinski definition) is 4. The van der Waals surface area contributed by atoms with E-state index in [0.29, 0.717) is 25.4 Å². The first-order valence-electron chi connectivity index (χ1n) is 7.11. The Morgan fingerprint density at radius 2 is 1.95 bits per heavy atom. The molecule has 6 nitrogen and oxygen atoms in total. The van der Waals surface area contributed by atoms with Crippen molar-refractivity contribution < 1.29 is 14.3 Å². The molecule has 0 fully saturated rings. The summed E-state index contributed by atoms with van der Waals surface area (Å²) in [6.07, 6.45) is 1.50. The van der Waals surface area contributed by atoms with E-state index in [1.807, 2.05) is 42.5 Å². The van der Waals surface area contributed by atoms with E-state index in [9.17, 15) is 4.79 Å². The van der Waals surface area contributed by atoms with E-state index in [0.717, 1.165) is 11.4 Å². The van der Waals surface area contributed by atoms with Crippen LogP contribution < -0.4 is 20.1 Å². The summed E-state index contributed by atoms with van der Waals surface area (Å²) in [5, 5.41) is 5.52. The maximum absolute atomic E-state index is 11.8. The van der Waals surface area contributed by atoms with Crippen molar-refractivity contribution in [2.75, 3.05) is 13.2 Å². The summed E-state index contributed by atoms with van der Waals surface area (Å²) in [6, 6.07) is 12.8. The number of hydrogen-bond donors (Lipinski definition) is 2. The van der Waals surface area contributed by atoms with Gasteiger partial charge in [-0.25, -0.2) is 4.79 Å². The first-order valence-corrected chi connectivity index (χ1v) is 7.11. The Balaban J connectivity index is 1.42. The molecule has 2 amide bonds. The number of nitrogens with one attached hydrogen (secondary N) is 2. The third-order valence-corrected chi connectivity index (χ3v) is 3.21. The maximum atomic E-state index is 11.8. The normalized spacial score (nSPS) is 15.9. The van der Waals surface area contributed by atoms with Gasteiger partial charge in [0.15, 0.2) is 17.6 Å². The molecular formula is C16H17N3O3. The van der Waals surface area contributed by atoms with Crippen molar-refractivity contribution in [1.29, 1.82) is 0 Å². The first kappa shape index (κ1) is 14.2. The number of nitrogens with zero attached hydrogens (tertiary/aromatic N) is 1. The van der Waals surface area contributed by atoms with Crippen molar-refractivity contribution >= 4 is 6.03 Å². The van der Waals surface area contributed by atoms with Gasteiger partial charge in [-0.15, -0.1) is 0 Å². The van der Waals surface area contributed by atoms with E-state index in [1.165, 1.54) is 0 Å². The molecule has 1 atom stereocenters. The molecule has 1 aliphatic rings. The monoisotopic (exact) mass is 299 g/mol. The highest BCUT2D eigenvalue weighted by Gasteiger charge is 2.20. The smallest absolute Gasteiger partial charge is 0.315 e. The SMILES string of the molecule is O=C(NCc1ccccn1)NCC1COc2ccccc2O1. The lowest BCUT2D eigenvalue weighted by Crippen LogP contribution is -2.44. The van der Waals surface area contributed by atoms with E-state index in [1.54, 1.807) is 6.20 Å². The molecule has 0 radical (unpaired) electrons. The summed E-state index contributed by atoms with van der Waals surface area (Å²) < 4.78 is 11.4. The van der Waals surface area contributed by atoms with E-state index in [4.69, 9.17) is 9.47 Å². The van der Waals surface area contributed by atoms with E-state index < -0.39 is 0 Å². The molecule has 114 valence electrons. The molecule has 3 rings (SSSR count). The molecule has 1 unspecified atom stereocenters. The van der Waals surface area contributed by atoms with Crippen molar-refractivity contribution in [1.82, 2.24) is 15.6 Å². The lowest BCUT2D eigenvalue weighted by atomic mass is 10.2. The standard InChI is InChI=1S/C16H17N3O3/c20-16(18-9-12-5-3-4-8-17-12)19-10-13-11-21-14-6-1-2-7-15(14)22-13/h1-8,13H,9-11H2,(H2,18,19,20). The largest absolute Gasteiger partial charge is 0.486 e. The van der Waals surface area contributed by atoms with Gasteiger partial charge in [0.25, 0.3) is 0 Å². The first-order chi connectivity index (χ1) is 10.8. The molecule has 1 aromatic heterocycles. The number of ether oxygens (including phenoxy) is 2. The van der Waals surface area contributed by atoms with Crippen LogP contribution >= 0.6 is 0 Å². The van der Waals surface area contributed by atoms with Crippen molar-refractivity contribution in [3.05, 3.63) is 54.4 Å². The predicted octanol–water partition coefficient (Wildman–Crippen LogP) is 1.72. The zero-order chi connectivity index (χ0) is 15.2. The molecule has 0 bridgehead atoms. The quantitative estimate of drug-likeness (QED) is 0.901. The number of aromatic nitrogens is 1. The Morgan fingerprint density at radius 3 is 2.77 bits per heavy atom. The Bertz CT molecular complexity index is 634. The average Bonchev–Trinajstić information content (AvgIpc) is 2.59. The third kappa shape index (κ3) is 3.66. The third-order valence-electron chi connectivity index (χ3n) is 3.21. The average molecular weight is 299 g/mol. The Morgan fingerprint density at radius 1 is 1.14 bits per heavy atom. The molecule has 0 saturated carbocycles. The fourth-order valence-corrected chi connectivity index (χ4v) is 2.11. The summed E-state index contributed by atoms with van der Waals surface area (Å²) in [5.41, 5.74) is 0.809. The minimum atomic E-state index is -0.256. The predicted molar refractivity (Wildman–Crippen MR) is 80.8 cm³/mol. The van der Waals surface area contributed by atoms with Gasteiger partial charge in [-0.1, -0.05) is 18.2 Å². The fourth-order valence-electron chi connectivity index (χ4n) is 2.11. The second-order valence-corrected chi connectivity index (χ2v) is 4.88. The number of pyridine rings is 1. The molecule has 0 spiro atoms. The minimum absolute atomic E-state index is 0.199. The highest BCUT2D eigenvalue weighted by atomic mass is 16.6. The number of carbonyl (C=O) groups excluding carboxylic acids is 1. The molecule has 2 heterocycles. The van der Waals surface area contributed by atoms with Crippen LogP contribution in [0.5, 0.6) is 11.5 Å². The fraction of sp³-hybridized carbons (Fsp3) is 0.250. The van der Waals surface area contributed by atoms with Gasteiger partial charge in [0.1, 0.15) is 6.61 Å². The maximum Gasteiger partial charge on any atom is 0.315 e. The Kier molecular flexibility index (Phi) is 4.38. The highest BCUT2D eigenvalue weighted by molar-refractivity contribution is 5.73. The van der Waals surface area contributed by atoms with Gasteiger partial charge in [0.05, 0.1) is 18.8 Å². The molecular weight excluding hydrogens is 282 g/mol. The van der Waals surface area contributed by atoms with Crippen LogP contribution in [-0.4, -0.2) is 30.3 Å². The minimum Gasteiger partial charge on any atom is -0.486 e. The molecule has 22 heavy (non-hydrogen) atoms. The topological polar surface area (TPSA) is 72.5 Å². The van der Waals surface area contributed by atoms with Gasteiger partial charge in [0, 0.05) is 6.20 Å². The van der Waals surface area contributed by atoms with Crippen LogP contribution in [-0.2, 0) is 6.54 Å². The lowest BCUT2D eigenvalue weighted by Gasteiger charge is -2.26. The van der Waals surface area contributed by atoms with Crippen LogP contribution in [0.25, 0.3) is 0 Å². The highest BCUT2D eigenvalue weighted by Crippen LogP contribution is 2.30. The van der Waals surface area contributed by atoms with Crippen molar-refractivity contribution in [3.8, 4) is 11.5 Å². The van der Waals surface area contributed by atoms with Gasteiger partial charge in [0.2, 0.25) is 0 Å². The number of carbonyl (C=O) groups is 1. The zero-order valence-electron chi connectivity index (χ0n) is 12.0. The Labute approximate surface area is 128 Å². The molecule has 0 saturated heterocycles. The number of para-hydroxylation sites is 2. The number of amides is 2. The van der Waals surface area contributed by atoms with Crippen molar-refractivity contribution in [3.63, 3.8) is 0 Å².